The van der Waals surface area contributed by atoms with Crippen LogP contribution in [0.3, 0.4) is 0 Å². The third-order valence-electron chi connectivity index (χ3n) is 7.53. The third-order valence-corrected chi connectivity index (χ3v) is 7.82. The lowest BCUT2D eigenvalue weighted by molar-refractivity contribution is -0.120. The monoisotopic (exact) mass is 647 g/mol. The van der Waals surface area contributed by atoms with Gasteiger partial charge in [-0.3, -0.25) is 24.7 Å². The van der Waals surface area contributed by atoms with Crippen molar-refractivity contribution in [3.8, 4) is 16.8 Å². The Bertz CT molecular complexity index is 1830. The second-order valence-electron chi connectivity index (χ2n) is 11.0. The lowest BCUT2D eigenvalue weighted by Crippen LogP contribution is -2.30. The van der Waals surface area contributed by atoms with Gasteiger partial charge in [0, 0.05) is 23.4 Å². The molecular formula is C32H31ClFN7O5. The van der Waals surface area contributed by atoms with E-state index in [-0.39, 0.29) is 40.6 Å². The zero-order valence-electron chi connectivity index (χ0n) is 25.3. The van der Waals surface area contributed by atoms with Crippen LogP contribution in [0.2, 0.25) is 5.02 Å². The van der Waals surface area contributed by atoms with Crippen molar-refractivity contribution in [2.75, 3.05) is 17.2 Å². The number of amides is 3. The van der Waals surface area contributed by atoms with Gasteiger partial charge in [0.25, 0.3) is 5.91 Å². The Balaban J connectivity index is 1.45. The van der Waals surface area contributed by atoms with Crippen LogP contribution < -0.4 is 16.0 Å². The highest BCUT2D eigenvalue weighted by Crippen LogP contribution is 2.34. The average Bonchev–Trinajstić information content (AvgIpc) is 3.41. The first-order chi connectivity index (χ1) is 22.0. The Morgan fingerprint density at radius 1 is 1.15 bits per heavy atom. The zero-order chi connectivity index (χ0) is 33.0. The van der Waals surface area contributed by atoms with Crippen molar-refractivity contribution in [2.24, 2.45) is 5.92 Å². The molecule has 12 nitrogen and oxygen atoms in total. The summed E-state index contributed by atoms with van der Waals surface area (Å²) >= 11 is 5.94. The summed E-state index contributed by atoms with van der Waals surface area (Å²) in [5, 5.41) is 16.5. The Hall–Kier alpha value is -5.17. The van der Waals surface area contributed by atoms with Crippen molar-refractivity contribution >= 4 is 46.7 Å². The molecule has 0 spiro atoms. The molecule has 0 fully saturated rings. The molecule has 0 aliphatic carbocycles. The van der Waals surface area contributed by atoms with Crippen LogP contribution in [0.4, 0.5) is 20.6 Å². The highest BCUT2D eigenvalue weighted by Gasteiger charge is 2.25. The number of fused-ring (bicyclic) bond motifs is 4. The normalized spacial score (nSPS) is 16.2. The SMILES string of the molecule is CC(=O)COC(=O)Nc1ccc2c(c1)NC(=O)[C@H](C)CCC[C@H](NC(=O)c1nnn(-c3cccc(Cl)c3F)c1C)c1cc-2ccn1. The average molecular weight is 648 g/mol. The third kappa shape index (κ3) is 7.20. The van der Waals surface area contributed by atoms with Gasteiger partial charge in [0.1, 0.15) is 5.69 Å². The number of nitrogens with zero attached hydrogens (tertiary/aromatic N) is 4. The van der Waals surface area contributed by atoms with Crippen LogP contribution in [-0.4, -0.2) is 50.3 Å². The standard InChI is InChI=1S/C32H31ClFN7O5/c1-17-6-4-8-24(37-31(44)29-19(3)41(40-39-29)27-9-5-7-23(33)28(27)34)26-14-20(12-13-35-26)22-11-10-21(15-25(22)38-30(17)43)36-32(45)46-16-18(2)42/h5,7,9-15,17,24H,4,6,8,16H2,1-3H3,(H,36,45)(H,37,44)(H,38,43)/t17-,24+/m1/s1. The number of benzene rings is 2. The van der Waals surface area contributed by atoms with Crippen LogP contribution in [0, 0.1) is 18.7 Å². The van der Waals surface area contributed by atoms with Gasteiger partial charge in [-0.2, -0.15) is 0 Å². The molecule has 14 heteroatoms. The minimum absolute atomic E-state index is 0.0154. The molecule has 46 heavy (non-hydrogen) atoms. The van der Waals surface area contributed by atoms with Gasteiger partial charge in [-0.1, -0.05) is 42.3 Å². The van der Waals surface area contributed by atoms with Gasteiger partial charge in [-0.15, -0.1) is 5.10 Å². The summed E-state index contributed by atoms with van der Waals surface area (Å²) in [6.07, 6.45) is 2.39. The highest BCUT2D eigenvalue weighted by atomic mass is 35.5. The maximum Gasteiger partial charge on any atom is 0.412 e. The minimum atomic E-state index is -0.805. The summed E-state index contributed by atoms with van der Waals surface area (Å²) < 4.78 is 20.8. The number of hydrogen-bond acceptors (Lipinski definition) is 8. The van der Waals surface area contributed by atoms with E-state index in [9.17, 15) is 23.6 Å². The number of nitrogens with one attached hydrogen (secondary N) is 3. The maximum atomic E-state index is 14.7. The Kier molecular flexibility index (Phi) is 9.71. The van der Waals surface area contributed by atoms with E-state index in [0.717, 1.165) is 0 Å². The van der Waals surface area contributed by atoms with Crippen molar-refractivity contribution in [3.63, 3.8) is 0 Å². The van der Waals surface area contributed by atoms with Crippen LogP contribution >= 0.6 is 11.6 Å². The second kappa shape index (κ2) is 13.9. The predicted molar refractivity (Wildman–Crippen MR) is 168 cm³/mol. The molecule has 2 aromatic carbocycles. The summed E-state index contributed by atoms with van der Waals surface area (Å²) in [4.78, 5) is 54.6. The molecule has 2 bridgehead atoms. The summed E-state index contributed by atoms with van der Waals surface area (Å²) in [5.74, 6) is -2.09. The molecule has 3 N–H and O–H groups in total. The second-order valence-corrected chi connectivity index (χ2v) is 11.4. The molecule has 3 heterocycles. The Morgan fingerprint density at radius 3 is 2.74 bits per heavy atom. The fourth-order valence-corrected chi connectivity index (χ4v) is 5.23. The van der Waals surface area contributed by atoms with E-state index < -0.39 is 23.9 Å². The van der Waals surface area contributed by atoms with Crippen molar-refractivity contribution in [3.05, 3.63) is 82.6 Å². The van der Waals surface area contributed by atoms with Crippen LogP contribution in [-0.2, 0) is 14.3 Å². The number of pyridine rings is 1. The number of hydrogen-bond donors (Lipinski definition) is 3. The lowest BCUT2D eigenvalue weighted by atomic mass is 9.95. The number of rotatable bonds is 6. The Labute approximate surface area is 268 Å². The van der Waals surface area contributed by atoms with Gasteiger partial charge in [0.2, 0.25) is 5.91 Å². The van der Waals surface area contributed by atoms with E-state index in [1.54, 1.807) is 43.5 Å². The molecule has 0 unspecified atom stereocenters. The molecule has 2 atom stereocenters. The van der Waals surface area contributed by atoms with Crippen molar-refractivity contribution in [2.45, 2.75) is 46.1 Å². The topological polar surface area (TPSA) is 157 Å². The summed E-state index contributed by atoms with van der Waals surface area (Å²) in [7, 11) is 0. The van der Waals surface area contributed by atoms with E-state index in [4.69, 9.17) is 16.3 Å². The first-order valence-electron chi connectivity index (χ1n) is 14.5. The highest BCUT2D eigenvalue weighted by molar-refractivity contribution is 6.30. The molecule has 4 aromatic rings. The van der Waals surface area contributed by atoms with Crippen LogP contribution in [0.5, 0.6) is 0 Å². The Morgan fingerprint density at radius 2 is 1.96 bits per heavy atom. The summed E-state index contributed by atoms with van der Waals surface area (Å²) in [6, 6.07) is 12.5. The molecule has 0 saturated heterocycles. The molecule has 1 aliphatic heterocycles. The number of ketones is 1. The van der Waals surface area contributed by atoms with Gasteiger partial charge in [-0.05, 0) is 68.7 Å². The largest absolute Gasteiger partial charge is 0.441 e. The van der Waals surface area contributed by atoms with E-state index in [1.165, 1.54) is 23.7 Å². The van der Waals surface area contributed by atoms with Crippen molar-refractivity contribution in [1.29, 1.82) is 0 Å². The van der Waals surface area contributed by atoms with Gasteiger partial charge in [-0.25, -0.2) is 13.9 Å². The number of anilines is 2. The number of carbonyl (C=O) groups is 4. The van der Waals surface area contributed by atoms with E-state index in [2.05, 4.69) is 31.2 Å². The molecule has 0 radical (unpaired) electrons. The van der Waals surface area contributed by atoms with E-state index in [1.807, 2.05) is 13.0 Å². The fourth-order valence-electron chi connectivity index (χ4n) is 5.06. The number of halogens is 2. The van der Waals surface area contributed by atoms with Crippen LogP contribution in [0.1, 0.15) is 61.0 Å². The molecule has 0 saturated carbocycles. The van der Waals surface area contributed by atoms with Crippen LogP contribution in [0.15, 0.2) is 54.7 Å². The molecule has 2 aromatic heterocycles. The molecule has 3 amide bonds. The summed E-state index contributed by atoms with van der Waals surface area (Å²) in [5.41, 5.74) is 3.14. The van der Waals surface area contributed by atoms with Crippen LogP contribution in [0.25, 0.3) is 16.8 Å². The quantitative estimate of drug-likeness (QED) is 0.237. The molecule has 238 valence electrons. The minimum Gasteiger partial charge on any atom is -0.441 e. The predicted octanol–water partition coefficient (Wildman–Crippen LogP) is 5.80. The molecular weight excluding hydrogens is 617 g/mol. The summed E-state index contributed by atoms with van der Waals surface area (Å²) in [6.45, 7) is 4.37. The van der Waals surface area contributed by atoms with E-state index in [0.29, 0.717) is 53.2 Å². The van der Waals surface area contributed by atoms with E-state index >= 15 is 0 Å². The number of Topliss-reactive ketones (excluding diaryl/α,β-unsaturated/α-hetero) is 1. The van der Waals surface area contributed by atoms with Gasteiger partial charge >= 0.3 is 6.09 Å². The molecule has 5 rings (SSSR count). The van der Waals surface area contributed by atoms with Gasteiger partial charge in [0.05, 0.1) is 28.1 Å². The first kappa shape index (κ1) is 32.2. The molecule has 1 aliphatic rings. The number of carbonyl (C=O) groups excluding carboxylic acids is 4. The smallest absolute Gasteiger partial charge is 0.412 e. The number of aromatic nitrogens is 4. The zero-order valence-corrected chi connectivity index (χ0v) is 26.0. The number of ether oxygens (including phenoxy) is 1. The van der Waals surface area contributed by atoms with Crippen molar-refractivity contribution < 1.29 is 28.3 Å². The van der Waals surface area contributed by atoms with Crippen molar-refractivity contribution in [1.82, 2.24) is 25.3 Å². The first-order valence-corrected chi connectivity index (χ1v) is 14.9. The van der Waals surface area contributed by atoms with Gasteiger partial charge in [0.15, 0.2) is 23.9 Å². The fraction of sp³-hybridized carbons (Fsp3) is 0.281. The maximum absolute atomic E-state index is 14.7. The lowest BCUT2D eigenvalue weighted by Gasteiger charge is -2.22. The van der Waals surface area contributed by atoms with Gasteiger partial charge < -0.3 is 15.4 Å².